The number of hydrogen-bond donors (Lipinski definition) is 1. The molecule has 1 heterocycles. The van der Waals surface area contributed by atoms with Gasteiger partial charge in [0, 0.05) is 24.5 Å². The molecule has 1 atom stereocenters. The SMILES string of the molecule is Cc1ccccc1C(=O)NC[C@H](c1cccnc1)S(=O)(=O)c1ccc(C(C)C)cc1. The Hall–Kier alpha value is -2.99. The first-order chi connectivity index (χ1) is 14.3. The highest BCUT2D eigenvalue weighted by atomic mass is 32.2. The number of amides is 1. The van der Waals surface area contributed by atoms with Crippen LogP contribution in [0.4, 0.5) is 0 Å². The maximum absolute atomic E-state index is 13.5. The molecule has 0 saturated carbocycles. The Morgan fingerprint density at radius 2 is 1.67 bits per heavy atom. The zero-order valence-electron chi connectivity index (χ0n) is 17.4. The number of pyridine rings is 1. The summed E-state index contributed by atoms with van der Waals surface area (Å²) < 4.78 is 26.9. The molecule has 3 rings (SSSR count). The fourth-order valence-corrected chi connectivity index (χ4v) is 4.93. The minimum Gasteiger partial charge on any atom is -0.350 e. The lowest BCUT2D eigenvalue weighted by molar-refractivity contribution is 0.0953. The first-order valence-electron chi connectivity index (χ1n) is 9.88. The molecule has 0 spiro atoms. The lowest BCUT2D eigenvalue weighted by Crippen LogP contribution is -2.32. The minimum absolute atomic E-state index is 0.0485. The van der Waals surface area contributed by atoms with Crippen molar-refractivity contribution in [3.63, 3.8) is 0 Å². The number of sulfone groups is 1. The van der Waals surface area contributed by atoms with Gasteiger partial charge in [0.25, 0.3) is 5.91 Å². The van der Waals surface area contributed by atoms with E-state index in [-0.39, 0.29) is 17.3 Å². The maximum atomic E-state index is 13.5. The number of carbonyl (C=O) groups is 1. The molecule has 1 amide bonds. The van der Waals surface area contributed by atoms with Gasteiger partial charge in [-0.2, -0.15) is 0 Å². The van der Waals surface area contributed by atoms with Gasteiger partial charge in [-0.05, 0) is 53.8 Å². The fourth-order valence-electron chi connectivity index (χ4n) is 3.29. The molecule has 0 fully saturated rings. The van der Waals surface area contributed by atoms with Gasteiger partial charge in [0.05, 0.1) is 4.90 Å². The molecule has 30 heavy (non-hydrogen) atoms. The van der Waals surface area contributed by atoms with Crippen LogP contribution in [-0.2, 0) is 9.84 Å². The molecule has 1 N–H and O–H groups in total. The van der Waals surface area contributed by atoms with E-state index in [0.29, 0.717) is 17.0 Å². The summed E-state index contributed by atoms with van der Waals surface area (Å²) in [5.41, 5.74) is 2.97. The molecule has 3 aromatic rings. The summed E-state index contributed by atoms with van der Waals surface area (Å²) in [6, 6.07) is 17.6. The predicted molar refractivity (Wildman–Crippen MR) is 118 cm³/mol. The molecule has 0 aliphatic rings. The average Bonchev–Trinajstić information content (AvgIpc) is 2.74. The Morgan fingerprint density at radius 1 is 0.967 bits per heavy atom. The monoisotopic (exact) mass is 422 g/mol. The number of benzene rings is 2. The van der Waals surface area contributed by atoms with Crippen molar-refractivity contribution in [1.82, 2.24) is 10.3 Å². The second-order valence-electron chi connectivity index (χ2n) is 7.57. The average molecular weight is 423 g/mol. The number of carbonyl (C=O) groups excluding carboxylic acids is 1. The molecule has 2 aromatic carbocycles. The van der Waals surface area contributed by atoms with Crippen LogP contribution in [0.25, 0.3) is 0 Å². The van der Waals surface area contributed by atoms with Gasteiger partial charge in [0.2, 0.25) is 0 Å². The number of aryl methyl sites for hydroxylation is 1. The molecule has 0 unspecified atom stereocenters. The van der Waals surface area contributed by atoms with Gasteiger partial charge in [0.15, 0.2) is 9.84 Å². The summed E-state index contributed by atoms with van der Waals surface area (Å²) in [7, 11) is -3.74. The number of hydrogen-bond acceptors (Lipinski definition) is 4. The first kappa shape index (κ1) is 21.7. The zero-order chi connectivity index (χ0) is 21.7. The van der Waals surface area contributed by atoms with E-state index in [1.165, 1.54) is 6.20 Å². The van der Waals surface area contributed by atoms with Crippen molar-refractivity contribution in [2.45, 2.75) is 36.8 Å². The van der Waals surface area contributed by atoms with E-state index in [1.807, 2.05) is 31.2 Å². The van der Waals surface area contributed by atoms with E-state index < -0.39 is 15.1 Å². The first-order valence-corrected chi connectivity index (χ1v) is 11.4. The summed E-state index contributed by atoms with van der Waals surface area (Å²) in [6.45, 7) is 5.92. The molecular weight excluding hydrogens is 396 g/mol. The highest BCUT2D eigenvalue weighted by Gasteiger charge is 2.30. The van der Waals surface area contributed by atoms with Crippen LogP contribution in [0, 0.1) is 6.92 Å². The standard InChI is InChI=1S/C24H26N2O3S/c1-17(2)19-10-12-21(13-11-19)30(28,29)23(20-8-6-14-25-15-20)16-26-24(27)22-9-5-4-7-18(22)3/h4-15,17,23H,16H2,1-3H3,(H,26,27)/t23-/m1/s1. The van der Waals surface area contributed by atoms with Gasteiger partial charge in [-0.25, -0.2) is 8.42 Å². The van der Waals surface area contributed by atoms with Crippen LogP contribution >= 0.6 is 0 Å². The number of aromatic nitrogens is 1. The van der Waals surface area contributed by atoms with Gasteiger partial charge in [-0.3, -0.25) is 9.78 Å². The van der Waals surface area contributed by atoms with Gasteiger partial charge < -0.3 is 5.32 Å². The third-order valence-electron chi connectivity index (χ3n) is 5.14. The van der Waals surface area contributed by atoms with Gasteiger partial charge in [0.1, 0.15) is 5.25 Å². The van der Waals surface area contributed by atoms with Crippen molar-refractivity contribution >= 4 is 15.7 Å². The van der Waals surface area contributed by atoms with E-state index in [2.05, 4.69) is 24.1 Å². The van der Waals surface area contributed by atoms with E-state index in [1.54, 1.807) is 42.6 Å². The van der Waals surface area contributed by atoms with Crippen molar-refractivity contribution in [1.29, 1.82) is 0 Å². The van der Waals surface area contributed by atoms with Crippen LogP contribution in [0.2, 0.25) is 0 Å². The molecule has 0 bridgehead atoms. The molecular formula is C24H26N2O3S. The molecule has 0 aliphatic carbocycles. The number of nitrogens with zero attached hydrogens (tertiary/aromatic N) is 1. The van der Waals surface area contributed by atoms with Crippen LogP contribution in [0.15, 0.2) is 78.0 Å². The third kappa shape index (κ3) is 4.76. The molecule has 6 heteroatoms. The number of rotatable bonds is 7. The lowest BCUT2D eigenvalue weighted by Gasteiger charge is -2.19. The fraction of sp³-hybridized carbons (Fsp3) is 0.250. The van der Waals surface area contributed by atoms with Crippen LogP contribution < -0.4 is 5.32 Å². The van der Waals surface area contributed by atoms with Gasteiger partial charge in [-0.1, -0.05) is 50.2 Å². The lowest BCUT2D eigenvalue weighted by atomic mass is 10.0. The summed E-state index contributed by atoms with van der Waals surface area (Å²) in [4.78, 5) is 17.0. The molecule has 0 radical (unpaired) electrons. The van der Waals surface area contributed by atoms with Crippen molar-refractivity contribution in [3.05, 3.63) is 95.3 Å². The van der Waals surface area contributed by atoms with E-state index >= 15 is 0 Å². The molecule has 156 valence electrons. The van der Waals surface area contributed by atoms with Crippen molar-refractivity contribution < 1.29 is 13.2 Å². The quantitative estimate of drug-likeness (QED) is 0.610. The molecule has 5 nitrogen and oxygen atoms in total. The van der Waals surface area contributed by atoms with E-state index in [4.69, 9.17) is 0 Å². The summed E-state index contributed by atoms with van der Waals surface area (Å²) in [5.74, 6) is 0.0108. The highest BCUT2D eigenvalue weighted by molar-refractivity contribution is 7.91. The maximum Gasteiger partial charge on any atom is 0.251 e. The molecule has 0 saturated heterocycles. The topological polar surface area (TPSA) is 76.1 Å². The third-order valence-corrected chi connectivity index (χ3v) is 7.26. The Balaban J connectivity index is 1.91. The normalized spacial score (nSPS) is 12.5. The summed E-state index contributed by atoms with van der Waals surface area (Å²) in [6.07, 6.45) is 3.13. The Morgan fingerprint density at radius 3 is 2.27 bits per heavy atom. The Labute approximate surface area is 178 Å². The van der Waals surface area contributed by atoms with Crippen LogP contribution in [0.3, 0.4) is 0 Å². The van der Waals surface area contributed by atoms with E-state index in [9.17, 15) is 13.2 Å². The van der Waals surface area contributed by atoms with Crippen molar-refractivity contribution in [2.24, 2.45) is 0 Å². The second kappa shape index (κ2) is 9.22. The van der Waals surface area contributed by atoms with Crippen LogP contribution in [0.5, 0.6) is 0 Å². The van der Waals surface area contributed by atoms with Crippen molar-refractivity contribution in [3.8, 4) is 0 Å². The predicted octanol–water partition coefficient (Wildman–Crippen LogP) is 4.46. The van der Waals surface area contributed by atoms with Crippen LogP contribution in [0.1, 0.15) is 52.1 Å². The Kier molecular flexibility index (Phi) is 6.67. The van der Waals surface area contributed by atoms with Crippen molar-refractivity contribution in [2.75, 3.05) is 6.54 Å². The smallest absolute Gasteiger partial charge is 0.251 e. The van der Waals surface area contributed by atoms with Gasteiger partial charge in [-0.15, -0.1) is 0 Å². The minimum atomic E-state index is -3.74. The second-order valence-corrected chi connectivity index (χ2v) is 9.70. The number of nitrogens with one attached hydrogen (secondary N) is 1. The largest absolute Gasteiger partial charge is 0.350 e. The summed E-state index contributed by atoms with van der Waals surface area (Å²) in [5, 5.41) is 1.86. The zero-order valence-corrected chi connectivity index (χ0v) is 18.2. The van der Waals surface area contributed by atoms with E-state index in [0.717, 1.165) is 11.1 Å². The molecule has 0 aliphatic heterocycles. The van der Waals surface area contributed by atoms with Gasteiger partial charge >= 0.3 is 0 Å². The molecule has 1 aromatic heterocycles. The van der Waals surface area contributed by atoms with Crippen LogP contribution in [-0.4, -0.2) is 25.9 Å². The summed E-state index contributed by atoms with van der Waals surface area (Å²) >= 11 is 0. The Bertz CT molecular complexity index is 1110. The highest BCUT2D eigenvalue weighted by Crippen LogP contribution is 2.29.